The van der Waals surface area contributed by atoms with E-state index in [1.807, 2.05) is 0 Å². The first-order valence-corrected chi connectivity index (χ1v) is 5.18. The maximum Gasteiger partial charge on any atom is 0.222 e. The summed E-state index contributed by atoms with van der Waals surface area (Å²) in [6.45, 7) is 0.473. The highest BCUT2D eigenvalue weighted by molar-refractivity contribution is 5.76. The molecule has 1 amide bonds. The smallest absolute Gasteiger partial charge is 0.222 e. The van der Waals surface area contributed by atoms with Crippen molar-refractivity contribution in [2.75, 3.05) is 13.7 Å². The van der Waals surface area contributed by atoms with Crippen LogP contribution in [0.25, 0.3) is 0 Å². The molecule has 82 valence electrons. The largest absolute Gasteiger partial charge is 0.393 e. The molecule has 0 heterocycles. The third-order valence-corrected chi connectivity index (χ3v) is 2.60. The maximum atomic E-state index is 11.3. The molecule has 1 fully saturated rings. The first-order chi connectivity index (χ1) is 6.72. The van der Waals surface area contributed by atoms with E-state index >= 15 is 0 Å². The van der Waals surface area contributed by atoms with Gasteiger partial charge in [-0.25, -0.2) is 0 Å². The zero-order valence-electron chi connectivity index (χ0n) is 8.66. The van der Waals surface area contributed by atoms with Crippen LogP contribution in [-0.4, -0.2) is 36.9 Å². The van der Waals surface area contributed by atoms with E-state index in [4.69, 9.17) is 4.74 Å². The molecule has 0 spiro atoms. The first-order valence-electron chi connectivity index (χ1n) is 5.18. The lowest BCUT2D eigenvalue weighted by Crippen LogP contribution is -2.38. The fourth-order valence-electron chi connectivity index (χ4n) is 1.71. The van der Waals surface area contributed by atoms with Crippen molar-refractivity contribution in [3.05, 3.63) is 0 Å². The van der Waals surface area contributed by atoms with E-state index in [2.05, 4.69) is 5.32 Å². The van der Waals surface area contributed by atoms with Gasteiger partial charge in [0, 0.05) is 19.6 Å². The topological polar surface area (TPSA) is 58.6 Å². The fourth-order valence-corrected chi connectivity index (χ4v) is 1.71. The van der Waals surface area contributed by atoms with Gasteiger partial charge < -0.3 is 15.2 Å². The number of aliphatic hydroxyl groups excluding tert-OH is 1. The zero-order chi connectivity index (χ0) is 10.4. The minimum atomic E-state index is -0.165. The highest BCUT2D eigenvalue weighted by Crippen LogP contribution is 2.18. The Balaban J connectivity index is 2.14. The van der Waals surface area contributed by atoms with Crippen LogP contribution < -0.4 is 5.32 Å². The minimum absolute atomic E-state index is 0.0493. The van der Waals surface area contributed by atoms with Gasteiger partial charge in [-0.3, -0.25) is 4.79 Å². The molecule has 1 aliphatic rings. The van der Waals surface area contributed by atoms with Crippen LogP contribution in [0.3, 0.4) is 0 Å². The SMILES string of the molecule is COCCC(=O)NC1CCC(O)CC1. The number of ether oxygens (including phenoxy) is 1. The molecule has 0 aromatic rings. The third kappa shape index (κ3) is 4.07. The normalized spacial score (nSPS) is 27.3. The van der Waals surface area contributed by atoms with E-state index in [-0.39, 0.29) is 18.1 Å². The number of hydrogen-bond acceptors (Lipinski definition) is 3. The summed E-state index contributed by atoms with van der Waals surface area (Å²) in [5.41, 5.74) is 0. The van der Waals surface area contributed by atoms with Crippen molar-refractivity contribution in [1.29, 1.82) is 0 Å². The van der Waals surface area contributed by atoms with Crippen LogP contribution in [0.15, 0.2) is 0 Å². The molecule has 1 rings (SSSR count). The molecule has 0 radical (unpaired) electrons. The highest BCUT2D eigenvalue weighted by Gasteiger charge is 2.20. The molecule has 0 bridgehead atoms. The summed E-state index contributed by atoms with van der Waals surface area (Å²) in [7, 11) is 1.59. The van der Waals surface area contributed by atoms with Crippen LogP contribution in [0, 0.1) is 0 Å². The van der Waals surface area contributed by atoms with Crippen molar-refractivity contribution >= 4 is 5.91 Å². The molecule has 0 unspecified atom stereocenters. The standard InChI is InChI=1S/C10H19NO3/c1-14-7-6-10(13)11-8-2-4-9(12)5-3-8/h8-9,12H,2-7H2,1H3,(H,11,13). The monoisotopic (exact) mass is 201 g/mol. The van der Waals surface area contributed by atoms with Gasteiger partial charge in [-0.2, -0.15) is 0 Å². The van der Waals surface area contributed by atoms with Crippen molar-refractivity contribution in [3.8, 4) is 0 Å². The molecule has 0 aromatic heterocycles. The number of rotatable bonds is 4. The lowest BCUT2D eigenvalue weighted by atomic mass is 9.93. The Morgan fingerprint density at radius 2 is 2.07 bits per heavy atom. The Morgan fingerprint density at radius 1 is 1.43 bits per heavy atom. The number of hydrogen-bond donors (Lipinski definition) is 2. The second-order valence-corrected chi connectivity index (χ2v) is 3.82. The average Bonchev–Trinajstić information content (AvgIpc) is 2.18. The zero-order valence-corrected chi connectivity index (χ0v) is 8.66. The van der Waals surface area contributed by atoms with Gasteiger partial charge in [0.25, 0.3) is 0 Å². The van der Waals surface area contributed by atoms with Gasteiger partial charge in [-0.15, -0.1) is 0 Å². The second kappa shape index (κ2) is 5.98. The Morgan fingerprint density at radius 3 is 2.64 bits per heavy atom. The molecule has 1 aliphatic carbocycles. The van der Waals surface area contributed by atoms with E-state index in [1.54, 1.807) is 7.11 Å². The van der Waals surface area contributed by atoms with E-state index in [0.717, 1.165) is 25.7 Å². The fraction of sp³-hybridized carbons (Fsp3) is 0.900. The second-order valence-electron chi connectivity index (χ2n) is 3.82. The summed E-state index contributed by atoms with van der Waals surface area (Å²) in [4.78, 5) is 11.3. The van der Waals surface area contributed by atoms with Gasteiger partial charge in [-0.1, -0.05) is 0 Å². The van der Waals surface area contributed by atoms with Crippen LogP contribution >= 0.6 is 0 Å². The number of carbonyl (C=O) groups is 1. The molecule has 0 saturated heterocycles. The summed E-state index contributed by atoms with van der Waals surface area (Å²) >= 11 is 0. The van der Waals surface area contributed by atoms with Crippen molar-refractivity contribution < 1.29 is 14.6 Å². The van der Waals surface area contributed by atoms with Gasteiger partial charge in [0.05, 0.1) is 12.7 Å². The predicted octanol–water partition coefficient (Wildman–Crippen LogP) is 0.443. The molecule has 0 aromatic carbocycles. The molecule has 0 atom stereocenters. The van der Waals surface area contributed by atoms with Gasteiger partial charge in [0.2, 0.25) is 5.91 Å². The van der Waals surface area contributed by atoms with Crippen LogP contribution in [0.5, 0.6) is 0 Å². The highest BCUT2D eigenvalue weighted by atomic mass is 16.5. The summed E-state index contributed by atoms with van der Waals surface area (Å²) < 4.78 is 4.82. The summed E-state index contributed by atoms with van der Waals surface area (Å²) in [6, 6.07) is 0.253. The van der Waals surface area contributed by atoms with Gasteiger partial charge in [0.15, 0.2) is 0 Å². The van der Waals surface area contributed by atoms with Crippen LogP contribution in [-0.2, 0) is 9.53 Å². The van der Waals surface area contributed by atoms with E-state index in [0.29, 0.717) is 13.0 Å². The Bertz CT molecular complexity index is 176. The first kappa shape index (κ1) is 11.5. The number of methoxy groups -OCH3 is 1. The quantitative estimate of drug-likeness (QED) is 0.694. The summed E-state index contributed by atoms with van der Waals surface area (Å²) in [5.74, 6) is 0.0493. The molecule has 1 saturated carbocycles. The maximum absolute atomic E-state index is 11.3. The van der Waals surface area contributed by atoms with E-state index in [9.17, 15) is 9.90 Å². The number of aliphatic hydroxyl groups is 1. The Hall–Kier alpha value is -0.610. The molecule has 0 aliphatic heterocycles. The number of nitrogens with one attached hydrogen (secondary N) is 1. The predicted molar refractivity (Wildman–Crippen MR) is 52.9 cm³/mol. The van der Waals surface area contributed by atoms with Gasteiger partial charge in [0.1, 0.15) is 0 Å². The van der Waals surface area contributed by atoms with Crippen molar-refractivity contribution in [1.82, 2.24) is 5.32 Å². The van der Waals surface area contributed by atoms with Crippen LogP contribution in [0.2, 0.25) is 0 Å². The Labute approximate surface area is 84.6 Å². The minimum Gasteiger partial charge on any atom is -0.393 e. The number of amides is 1. The third-order valence-electron chi connectivity index (χ3n) is 2.60. The molecular weight excluding hydrogens is 182 g/mol. The van der Waals surface area contributed by atoms with Gasteiger partial charge >= 0.3 is 0 Å². The summed E-state index contributed by atoms with van der Waals surface area (Å²) in [6.07, 6.45) is 3.64. The van der Waals surface area contributed by atoms with Crippen LogP contribution in [0.1, 0.15) is 32.1 Å². The molecule has 4 nitrogen and oxygen atoms in total. The average molecular weight is 201 g/mol. The van der Waals surface area contributed by atoms with Gasteiger partial charge in [-0.05, 0) is 25.7 Å². The number of carbonyl (C=O) groups excluding carboxylic acids is 1. The van der Waals surface area contributed by atoms with E-state index < -0.39 is 0 Å². The van der Waals surface area contributed by atoms with Crippen molar-refractivity contribution in [3.63, 3.8) is 0 Å². The molecule has 2 N–H and O–H groups in total. The summed E-state index contributed by atoms with van der Waals surface area (Å²) in [5, 5.41) is 12.2. The Kier molecular flexibility index (Phi) is 4.90. The molecule has 4 heteroatoms. The van der Waals surface area contributed by atoms with Crippen molar-refractivity contribution in [2.24, 2.45) is 0 Å². The van der Waals surface area contributed by atoms with E-state index in [1.165, 1.54) is 0 Å². The molecular formula is C10H19NO3. The van der Waals surface area contributed by atoms with Crippen molar-refractivity contribution in [2.45, 2.75) is 44.2 Å². The molecule has 14 heavy (non-hydrogen) atoms. The van der Waals surface area contributed by atoms with Crippen LogP contribution in [0.4, 0.5) is 0 Å². The lowest BCUT2D eigenvalue weighted by molar-refractivity contribution is -0.123. The lowest BCUT2D eigenvalue weighted by Gasteiger charge is -2.26.